The molecule has 1 aliphatic heterocycles. The minimum absolute atomic E-state index is 0.0325. The lowest BCUT2D eigenvalue weighted by molar-refractivity contribution is 0.595. The van der Waals surface area contributed by atoms with E-state index in [4.69, 9.17) is 0 Å². The second-order valence-electron chi connectivity index (χ2n) is 5.33. The molecule has 0 saturated carbocycles. The molecule has 0 bridgehead atoms. The van der Waals surface area contributed by atoms with E-state index in [0.717, 1.165) is 12.8 Å². The van der Waals surface area contributed by atoms with Crippen LogP contribution in [0.5, 0.6) is 0 Å². The van der Waals surface area contributed by atoms with Crippen LogP contribution in [0.1, 0.15) is 29.2 Å². The number of aryl methyl sites for hydroxylation is 1. The predicted molar refractivity (Wildman–Crippen MR) is 80.8 cm³/mol. The largest absolute Gasteiger partial charge is 0.263 e. The van der Waals surface area contributed by atoms with Crippen LogP contribution in [0.2, 0.25) is 0 Å². The zero-order valence-corrected chi connectivity index (χ0v) is 12.1. The van der Waals surface area contributed by atoms with Gasteiger partial charge in [0.1, 0.15) is 5.84 Å². The molecule has 1 unspecified atom stereocenters. The van der Waals surface area contributed by atoms with Crippen molar-refractivity contribution in [1.82, 2.24) is 4.72 Å². The Bertz CT molecular complexity index is 856. The maximum absolute atomic E-state index is 12.1. The maximum atomic E-state index is 12.1. The van der Waals surface area contributed by atoms with Gasteiger partial charge in [0.25, 0.3) is 10.0 Å². The molecule has 0 amide bonds. The number of sulfonamides is 1. The first-order valence-corrected chi connectivity index (χ1v) is 8.41. The third-order valence-electron chi connectivity index (χ3n) is 4.05. The maximum Gasteiger partial charge on any atom is 0.263 e. The van der Waals surface area contributed by atoms with Crippen molar-refractivity contribution >= 4 is 15.9 Å². The first kappa shape index (κ1) is 12.6. The minimum Gasteiger partial charge on any atom is -0.263 e. The number of amidine groups is 1. The topological polar surface area (TPSA) is 58.5 Å². The summed E-state index contributed by atoms with van der Waals surface area (Å²) in [5, 5.41) is 0. The van der Waals surface area contributed by atoms with E-state index in [1.807, 2.05) is 18.2 Å². The van der Waals surface area contributed by atoms with Crippen LogP contribution in [0.25, 0.3) is 0 Å². The van der Waals surface area contributed by atoms with Gasteiger partial charge in [-0.25, -0.2) is 8.42 Å². The lowest BCUT2D eigenvalue weighted by Gasteiger charge is -2.08. The third kappa shape index (κ3) is 1.96. The number of nitrogens with one attached hydrogen (secondary N) is 1. The summed E-state index contributed by atoms with van der Waals surface area (Å²) in [5.74, 6) is 0.465. The monoisotopic (exact) mass is 298 g/mol. The van der Waals surface area contributed by atoms with Crippen molar-refractivity contribution in [2.75, 3.05) is 0 Å². The third-order valence-corrected chi connectivity index (χ3v) is 5.45. The second-order valence-corrected chi connectivity index (χ2v) is 6.98. The van der Waals surface area contributed by atoms with Crippen molar-refractivity contribution in [2.45, 2.75) is 23.8 Å². The molecule has 0 radical (unpaired) electrons. The smallest absolute Gasteiger partial charge is 0.263 e. The Morgan fingerprint density at radius 1 is 1.05 bits per heavy atom. The van der Waals surface area contributed by atoms with E-state index >= 15 is 0 Å². The Balaban J connectivity index is 1.80. The summed E-state index contributed by atoms with van der Waals surface area (Å²) in [6, 6.07) is 15.2. The Kier molecular flexibility index (Phi) is 2.65. The molecule has 4 rings (SSSR count). The van der Waals surface area contributed by atoms with Gasteiger partial charge in [0, 0.05) is 5.56 Å². The van der Waals surface area contributed by atoms with E-state index in [9.17, 15) is 8.42 Å². The van der Waals surface area contributed by atoms with Gasteiger partial charge in [0.2, 0.25) is 0 Å². The number of rotatable bonds is 1. The summed E-state index contributed by atoms with van der Waals surface area (Å²) < 4.78 is 26.8. The first-order valence-electron chi connectivity index (χ1n) is 6.93. The SMILES string of the molecule is O=S1(=O)NC(=NC2CCc3ccccc32)c2ccccc21. The second kappa shape index (κ2) is 4.43. The van der Waals surface area contributed by atoms with Crippen molar-refractivity contribution in [2.24, 2.45) is 4.99 Å². The van der Waals surface area contributed by atoms with Crippen LogP contribution in [0.4, 0.5) is 0 Å². The Morgan fingerprint density at radius 3 is 2.71 bits per heavy atom. The van der Waals surface area contributed by atoms with Crippen LogP contribution in [-0.4, -0.2) is 14.3 Å². The average molecular weight is 298 g/mol. The van der Waals surface area contributed by atoms with Crippen molar-refractivity contribution < 1.29 is 8.42 Å². The van der Waals surface area contributed by atoms with Crippen LogP contribution in [-0.2, 0) is 16.4 Å². The van der Waals surface area contributed by atoms with Gasteiger partial charge in [0.15, 0.2) is 0 Å². The fourth-order valence-corrected chi connectivity index (χ4v) is 4.29. The number of nitrogens with zero attached hydrogens (tertiary/aromatic N) is 1. The summed E-state index contributed by atoms with van der Waals surface area (Å²) >= 11 is 0. The normalized spacial score (nSPS) is 23.6. The molecule has 0 spiro atoms. The standard InChI is InChI=1S/C16H14N2O2S/c19-21(20)15-8-4-3-7-13(15)16(18-21)17-14-10-9-11-5-1-2-6-12(11)14/h1-8,14H,9-10H2,(H,17,18). The van der Waals surface area contributed by atoms with Crippen LogP contribution < -0.4 is 4.72 Å². The van der Waals surface area contributed by atoms with E-state index in [0.29, 0.717) is 16.3 Å². The summed E-state index contributed by atoms with van der Waals surface area (Å²) in [6.45, 7) is 0. The fraction of sp³-hybridized carbons (Fsp3) is 0.188. The lowest BCUT2D eigenvalue weighted by Crippen LogP contribution is -2.22. The highest BCUT2D eigenvalue weighted by Crippen LogP contribution is 2.35. The Labute approximate surface area is 123 Å². The van der Waals surface area contributed by atoms with Gasteiger partial charge >= 0.3 is 0 Å². The Hall–Kier alpha value is -2.14. The highest BCUT2D eigenvalue weighted by atomic mass is 32.2. The van der Waals surface area contributed by atoms with E-state index in [1.54, 1.807) is 18.2 Å². The first-order chi connectivity index (χ1) is 10.1. The number of aliphatic imine (C=N–C) groups is 1. The number of benzene rings is 2. The molecule has 2 aromatic carbocycles. The molecule has 0 fully saturated rings. The highest BCUT2D eigenvalue weighted by molar-refractivity contribution is 7.90. The number of hydrogen-bond acceptors (Lipinski definition) is 3. The molecule has 106 valence electrons. The van der Waals surface area contributed by atoms with E-state index in [1.165, 1.54) is 11.1 Å². The molecule has 2 aliphatic rings. The molecule has 2 aromatic rings. The number of fused-ring (bicyclic) bond motifs is 2. The van der Waals surface area contributed by atoms with Crippen LogP contribution >= 0.6 is 0 Å². The minimum atomic E-state index is -3.45. The van der Waals surface area contributed by atoms with Crippen LogP contribution in [0.3, 0.4) is 0 Å². The van der Waals surface area contributed by atoms with Crippen molar-refractivity contribution in [3.8, 4) is 0 Å². The zero-order chi connectivity index (χ0) is 14.4. The summed E-state index contributed by atoms with van der Waals surface area (Å²) in [4.78, 5) is 4.99. The van der Waals surface area contributed by atoms with Gasteiger partial charge < -0.3 is 0 Å². The fourth-order valence-electron chi connectivity index (χ4n) is 3.05. The summed E-state index contributed by atoms with van der Waals surface area (Å²) in [7, 11) is -3.45. The van der Waals surface area contributed by atoms with Crippen molar-refractivity contribution in [3.63, 3.8) is 0 Å². The Morgan fingerprint density at radius 2 is 1.81 bits per heavy atom. The van der Waals surface area contributed by atoms with Gasteiger partial charge in [-0.3, -0.25) is 9.71 Å². The summed E-state index contributed by atoms with van der Waals surface area (Å²) in [5.41, 5.74) is 3.18. The van der Waals surface area contributed by atoms with E-state index < -0.39 is 10.0 Å². The molecule has 1 heterocycles. The quantitative estimate of drug-likeness (QED) is 0.879. The molecular weight excluding hydrogens is 284 g/mol. The molecule has 0 aromatic heterocycles. The average Bonchev–Trinajstić information content (AvgIpc) is 3.00. The van der Waals surface area contributed by atoms with E-state index in [-0.39, 0.29) is 6.04 Å². The van der Waals surface area contributed by atoms with Crippen molar-refractivity contribution in [1.29, 1.82) is 0 Å². The molecule has 5 heteroatoms. The highest BCUT2D eigenvalue weighted by Gasteiger charge is 2.32. The van der Waals surface area contributed by atoms with Crippen LogP contribution in [0, 0.1) is 0 Å². The van der Waals surface area contributed by atoms with Gasteiger partial charge in [-0.1, -0.05) is 36.4 Å². The van der Waals surface area contributed by atoms with Gasteiger partial charge in [-0.05, 0) is 36.1 Å². The molecule has 1 aliphatic carbocycles. The molecule has 0 saturated heterocycles. The van der Waals surface area contributed by atoms with E-state index in [2.05, 4.69) is 21.8 Å². The molecule has 1 N–H and O–H groups in total. The number of hydrogen-bond donors (Lipinski definition) is 1. The van der Waals surface area contributed by atoms with Gasteiger partial charge in [-0.15, -0.1) is 0 Å². The van der Waals surface area contributed by atoms with Crippen LogP contribution in [0.15, 0.2) is 58.4 Å². The summed E-state index contributed by atoms with van der Waals surface area (Å²) in [6.07, 6.45) is 1.92. The van der Waals surface area contributed by atoms with Gasteiger partial charge in [0.05, 0.1) is 10.9 Å². The van der Waals surface area contributed by atoms with Gasteiger partial charge in [-0.2, -0.15) is 0 Å². The predicted octanol–water partition coefficient (Wildman–Crippen LogP) is 2.41. The molecule has 1 atom stereocenters. The van der Waals surface area contributed by atoms with Crippen molar-refractivity contribution in [3.05, 3.63) is 65.2 Å². The lowest BCUT2D eigenvalue weighted by atomic mass is 10.1. The zero-order valence-electron chi connectivity index (χ0n) is 11.3. The molecule has 21 heavy (non-hydrogen) atoms. The molecular formula is C16H14N2O2S. The molecule has 4 nitrogen and oxygen atoms in total.